The van der Waals surface area contributed by atoms with Crippen LogP contribution in [0.15, 0.2) is 109 Å². The van der Waals surface area contributed by atoms with Gasteiger partial charge in [0.1, 0.15) is 43.2 Å². The average molecular weight is 961 g/mol. The van der Waals surface area contributed by atoms with Crippen molar-refractivity contribution >= 4 is 19.8 Å². The third-order valence-electron chi connectivity index (χ3n) is 10.6. The van der Waals surface area contributed by atoms with E-state index in [1.807, 2.05) is 18.2 Å². The summed E-state index contributed by atoms with van der Waals surface area (Å²) in [5, 5.41) is 50.2. The van der Waals surface area contributed by atoms with Crippen LogP contribution < -0.4 is 0 Å². The van der Waals surface area contributed by atoms with Gasteiger partial charge in [-0.05, 0) is 96.3 Å². The molecule has 0 saturated heterocycles. The van der Waals surface area contributed by atoms with Crippen molar-refractivity contribution in [3.8, 4) is 0 Å². The Morgan fingerprint density at radius 1 is 0.463 bits per heavy atom. The molecule has 1 saturated carbocycles. The smallest absolute Gasteiger partial charge is 0.462 e. The third kappa shape index (κ3) is 33.6. The van der Waals surface area contributed by atoms with Gasteiger partial charge in [0.15, 0.2) is 6.10 Å². The molecule has 6 N–H and O–H groups in total. The maximum absolute atomic E-state index is 12.8. The van der Waals surface area contributed by atoms with E-state index in [0.717, 1.165) is 70.6 Å². The largest absolute Gasteiger partial charge is 0.472 e. The van der Waals surface area contributed by atoms with Crippen LogP contribution in [0.25, 0.3) is 0 Å². The lowest BCUT2D eigenvalue weighted by Gasteiger charge is -2.41. The summed E-state index contributed by atoms with van der Waals surface area (Å²) in [6.45, 7) is 3.14. The number of carbonyl (C=O) groups is 2. The zero-order chi connectivity index (χ0) is 49.2. The van der Waals surface area contributed by atoms with Gasteiger partial charge < -0.3 is 39.9 Å². The molecule has 1 aliphatic carbocycles. The minimum absolute atomic E-state index is 0.0294. The van der Waals surface area contributed by atoms with Crippen LogP contribution in [0, 0.1) is 0 Å². The molecule has 0 aromatic carbocycles. The lowest BCUT2D eigenvalue weighted by molar-refractivity contribution is -0.220. The quantitative estimate of drug-likeness (QED) is 0.0147. The molecule has 67 heavy (non-hydrogen) atoms. The molecule has 0 aromatic rings. The second-order valence-corrected chi connectivity index (χ2v) is 18.0. The van der Waals surface area contributed by atoms with Gasteiger partial charge in [-0.1, -0.05) is 155 Å². The van der Waals surface area contributed by atoms with E-state index in [-0.39, 0.29) is 12.8 Å². The predicted molar refractivity (Wildman–Crippen MR) is 267 cm³/mol. The minimum Gasteiger partial charge on any atom is -0.462 e. The number of phosphoric acid groups is 1. The van der Waals surface area contributed by atoms with Crippen molar-refractivity contribution in [1.82, 2.24) is 0 Å². The number of rotatable bonds is 39. The van der Waals surface area contributed by atoms with E-state index in [9.17, 15) is 44.6 Å². The lowest BCUT2D eigenvalue weighted by atomic mass is 9.85. The number of aliphatic hydroxyl groups excluding tert-OH is 5. The van der Waals surface area contributed by atoms with Gasteiger partial charge in [0.2, 0.25) is 0 Å². The zero-order valence-corrected chi connectivity index (χ0v) is 41.3. The van der Waals surface area contributed by atoms with Crippen molar-refractivity contribution in [3.05, 3.63) is 109 Å². The second kappa shape index (κ2) is 41.5. The molecular formula is C53H85O13P. The van der Waals surface area contributed by atoms with E-state index in [0.29, 0.717) is 19.3 Å². The Morgan fingerprint density at radius 2 is 0.836 bits per heavy atom. The van der Waals surface area contributed by atoms with Gasteiger partial charge in [0, 0.05) is 12.8 Å². The third-order valence-corrected chi connectivity index (χ3v) is 11.6. The van der Waals surface area contributed by atoms with Crippen LogP contribution in [-0.2, 0) is 32.7 Å². The molecule has 8 atom stereocenters. The molecule has 0 radical (unpaired) electrons. The molecule has 0 bridgehead atoms. The Morgan fingerprint density at radius 3 is 1.25 bits per heavy atom. The van der Waals surface area contributed by atoms with Crippen LogP contribution in [0.3, 0.4) is 0 Å². The summed E-state index contributed by atoms with van der Waals surface area (Å²) in [4.78, 5) is 35.7. The van der Waals surface area contributed by atoms with E-state index in [1.54, 1.807) is 0 Å². The first-order chi connectivity index (χ1) is 32.4. The fraction of sp³-hybridized carbons (Fsp3) is 0.623. The number of unbranched alkanes of at least 4 members (excludes halogenated alkanes) is 9. The van der Waals surface area contributed by atoms with Gasteiger partial charge >= 0.3 is 19.8 Å². The molecule has 14 heteroatoms. The van der Waals surface area contributed by atoms with Crippen LogP contribution in [-0.4, -0.2) is 98.3 Å². The maximum Gasteiger partial charge on any atom is 0.472 e. The van der Waals surface area contributed by atoms with Crippen LogP contribution in [0.2, 0.25) is 0 Å². The van der Waals surface area contributed by atoms with E-state index in [2.05, 4.69) is 105 Å². The molecular weight excluding hydrogens is 876 g/mol. The molecule has 380 valence electrons. The minimum atomic E-state index is -5.16. The Bertz CT molecular complexity index is 1580. The van der Waals surface area contributed by atoms with Gasteiger partial charge in [0.05, 0.1) is 6.61 Å². The standard InChI is InChI=1S/C53H85O13P/c1-3-5-7-9-11-13-15-17-19-21-23-25-27-29-31-33-35-37-39-41-46(54)63-43-45(44-64-67(61,62)66-53-51(59)49(57)48(56)50(58)52(53)60)65-47(55)42-40-38-36-34-32-30-28-26-24-22-20-18-16-14-12-10-8-6-4-2/h11-14,17-20,23-26,29-32,35,37,45,48-53,56-60H,3-10,15-16,21-22,27-28,33-34,36,38-44H2,1-2H3,(H,61,62)/b13-11+,14-12+,19-17+,20-18+,25-23+,26-24+,31-29+,32-30+,37-35+/t45-,48?,49-,50?,51?,52?,53?/m0/s1. The van der Waals surface area contributed by atoms with E-state index in [4.69, 9.17) is 18.5 Å². The summed E-state index contributed by atoms with van der Waals surface area (Å²) in [6.07, 6.45) is 44.3. The topological polar surface area (TPSA) is 210 Å². The first-order valence-corrected chi connectivity index (χ1v) is 26.2. The Labute approximate surface area is 402 Å². The van der Waals surface area contributed by atoms with Crippen molar-refractivity contribution < 1.29 is 63.1 Å². The first-order valence-electron chi connectivity index (χ1n) is 24.7. The number of hydrogen-bond acceptors (Lipinski definition) is 12. The van der Waals surface area contributed by atoms with Crippen LogP contribution >= 0.6 is 7.82 Å². The monoisotopic (exact) mass is 961 g/mol. The summed E-state index contributed by atoms with van der Waals surface area (Å²) in [5.74, 6) is -1.24. The lowest BCUT2D eigenvalue weighted by Crippen LogP contribution is -2.64. The fourth-order valence-electron chi connectivity index (χ4n) is 6.60. The van der Waals surface area contributed by atoms with Gasteiger partial charge in [-0.2, -0.15) is 0 Å². The fourth-order valence-corrected chi connectivity index (χ4v) is 7.58. The molecule has 13 nitrogen and oxygen atoms in total. The Kier molecular flexibility index (Phi) is 38.1. The van der Waals surface area contributed by atoms with Crippen LogP contribution in [0.1, 0.15) is 155 Å². The van der Waals surface area contributed by atoms with Crippen LogP contribution in [0.5, 0.6) is 0 Å². The normalized spacial score (nSPS) is 22.1. The van der Waals surface area contributed by atoms with Crippen molar-refractivity contribution in [2.45, 2.75) is 198 Å². The highest BCUT2D eigenvalue weighted by atomic mass is 31.2. The second-order valence-electron chi connectivity index (χ2n) is 16.6. The zero-order valence-electron chi connectivity index (χ0n) is 40.4. The van der Waals surface area contributed by atoms with E-state index in [1.165, 1.54) is 38.5 Å². The molecule has 0 spiro atoms. The van der Waals surface area contributed by atoms with Gasteiger partial charge in [-0.3, -0.25) is 18.6 Å². The highest BCUT2D eigenvalue weighted by Gasteiger charge is 2.51. The molecule has 0 heterocycles. The van der Waals surface area contributed by atoms with Crippen molar-refractivity contribution in [2.75, 3.05) is 13.2 Å². The van der Waals surface area contributed by atoms with Crippen molar-refractivity contribution in [1.29, 1.82) is 0 Å². The van der Waals surface area contributed by atoms with Crippen molar-refractivity contribution in [3.63, 3.8) is 0 Å². The van der Waals surface area contributed by atoms with Crippen LogP contribution in [0.4, 0.5) is 0 Å². The van der Waals surface area contributed by atoms with Gasteiger partial charge in [0.25, 0.3) is 0 Å². The summed E-state index contributed by atoms with van der Waals surface area (Å²) < 4.78 is 33.5. The molecule has 1 fully saturated rings. The maximum atomic E-state index is 12.8. The molecule has 0 amide bonds. The molecule has 0 aliphatic heterocycles. The van der Waals surface area contributed by atoms with E-state index < -0.39 is 75.7 Å². The summed E-state index contributed by atoms with van der Waals surface area (Å²) in [6, 6.07) is 0. The average Bonchev–Trinajstić information content (AvgIpc) is 3.31. The Hall–Kier alpha value is -3.49. The number of hydrogen-bond donors (Lipinski definition) is 6. The van der Waals surface area contributed by atoms with Crippen molar-refractivity contribution in [2.24, 2.45) is 0 Å². The summed E-state index contributed by atoms with van der Waals surface area (Å²) in [5.41, 5.74) is 0. The molecule has 6 unspecified atom stereocenters. The number of phosphoric ester groups is 1. The highest BCUT2D eigenvalue weighted by Crippen LogP contribution is 2.47. The number of esters is 2. The predicted octanol–water partition coefficient (Wildman–Crippen LogP) is 10.4. The SMILES string of the molecule is CCCCC/C=C/C/C=C/C/C=C/C/C=C/C/C=C/CCC(=O)OC[C@@H](COP(=O)(O)OC1C(O)C(O)C(O)[C@H](O)C1O)OC(=O)CCCCC/C=C/C/C=C/C/C=C/C/C=C/CCCCC. The van der Waals surface area contributed by atoms with Gasteiger partial charge in [-0.25, -0.2) is 4.57 Å². The van der Waals surface area contributed by atoms with Gasteiger partial charge in [-0.15, -0.1) is 0 Å². The highest BCUT2D eigenvalue weighted by molar-refractivity contribution is 7.47. The summed E-state index contributed by atoms with van der Waals surface area (Å²) >= 11 is 0. The Balaban J connectivity index is 2.52. The number of allylic oxidation sites excluding steroid dienone is 18. The number of aliphatic hydroxyl groups is 5. The molecule has 1 rings (SSSR count). The van der Waals surface area contributed by atoms with E-state index >= 15 is 0 Å². The molecule has 1 aliphatic rings. The number of ether oxygens (including phenoxy) is 2. The first kappa shape index (κ1) is 61.5. The number of carbonyl (C=O) groups excluding carboxylic acids is 2. The molecule has 0 aromatic heterocycles. The summed E-state index contributed by atoms with van der Waals surface area (Å²) in [7, 11) is -5.16.